The minimum absolute atomic E-state index is 0.0790. The van der Waals surface area contributed by atoms with Gasteiger partial charge in [0.1, 0.15) is 0 Å². The molecular formula is C22H31NO2S. The van der Waals surface area contributed by atoms with E-state index in [1.54, 1.807) is 24.3 Å². The summed E-state index contributed by atoms with van der Waals surface area (Å²) >= 11 is 0. The van der Waals surface area contributed by atoms with Gasteiger partial charge in [-0.25, -0.2) is 8.42 Å². The molecule has 0 aliphatic heterocycles. The first-order chi connectivity index (χ1) is 12.1. The summed E-state index contributed by atoms with van der Waals surface area (Å²) in [6, 6.07) is 14.3. The Kier molecular flexibility index (Phi) is 5.99. The Bertz CT molecular complexity index is 831. The predicted octanol–water partition coefficient (Wildman–Crippen LogP) is 5.18. The molecular weight excluding hydrogens is 342 g/mol. The zero-order valence-electron chi connectivity index (χ0n) is 16.5. The topological polar surface area (TPSA) is 60.2 Å². The van der Waals surface area contributed by atoms with Crippen molar-refractivity contribution < 1.29 is 8.42 Å². The van der Waals surface area contributed by atoms with Crippen molar-refractivity contribution >= 4 is 9.84 Å². The molecule has 2 aromatic carbocycles. The second-order valence-electron chi connectivity index (χ2n) is 7.59. The summed E-state index contributed by atoms with van der Waals surface area (Å²) < 4.78 is 25.9. The molecule has 2 N–H and O–H groups in total. The Morgan fingerprint density at radius 3 is 1.46 bits per heavy atom. The van der Waals surface area contributed by atoms with Crippen LogP contribution in [0, 0.1) is 0 Å². The van der Waals surface area contributed by atoms with Gasteiger partial charge in [0, 0.05) is 5.54 Å². The molecule has 4 heteroatoms. The molecule has 26 heavy (non-hydrogen) atoms. The van der Waals surface area contributed by atoms with E-state index in [-0.39, 0.29) is 5.41 Å². The van der Waals surface area contributed by atoms with Crippen molar-refractivity contribution in [1.29, 1.82) is 0 Å². The normalized spacial score (nSPS) is 14.8. The molecule has 0 aliphatic rings. The molecule has 0 radical (unpaired) electrons. The highest BCUT2D eigenvalue weighted by Crippen LogP contribution is 2.32. The maximum Gasteiger partial charge on any atom is 0.206 e. The molecule has 0 saturated heterocycles. The van der Waals surface area contributed by atoms with Gasteiger partial charge in [0.05, 0.1) is 9.79 Å². The van der Waals surface area contributed by atoms with Crippen molar-refractivity contribution in [2.75, 3.05) is 0 Å². The van der Waals surface area contributed by atoms with E-state index in [4.69, 9.17) is 5.73 Å². The second-order valence-corrected chi connectivity index (χ2v) is 9.54. The summed E-state index contributed by atoms with van der Waals surface area (Å²) in [4.78, 5) is 0.629. The maximum absolute atomic E-state index is 12.9. The van der Waals surface area contributed by atoms with Gasteiger partial charge in [0.15, 0.2) is 0 Å². The van der Waals surface area contributed by atoms with Crippen LogP contribution < -0.4 is 5.73 Å². The van der Waals surface area contributed by atoms with Crippen LogP contribution in [0.1, 0.15) is 65.0 Å². The Hall–Kier alpha value is -1.65. The van der Waals surface area contributed by atoms with Gasteiger partial charge in [-0.05, 0) is 67.0 Å². The van der Waals surface area contributed by atoms with Gasteiger partial charge in [0.25, 0.3) is 0 Å². The van der Waals surface area contributed by atoms with E-state index in [0.717, 1.165) is 24.8 Å². The minimum Gasteiger partial charge on any atom is -0.322 e. The van der Waals surface area contributed by atoms with Crippen LogP contribution in [-0.2, 0) is 20.8 Å². The Morgan fingerprint density at radius 2 is 1.12 bits per heavy atom. The molecule has 0 saturated carbocycles. The third-order valence-corrected chi connectivity index (χ3v) is 7.77. The first-order valence-corrected chi connectivity index (χ1v) is 10.8. The number of benzene rings is 2. The average Bonchev–Trinajstić information content (AvgIpc) is 2.67. The molecule has 1 unspecified atom stereocenters. The van der Waals surface area contributed by atoms with Crippen molar-refractivity contribution in [2.45, 2.75) is 74.6 Å². The lowest BCUT2D eigenvalue weighted by Gasteiger charge is -2.27. The zero-order chi connectivity index (χ0) is 19.6. The number of hydrogen-bond donors (Lipinski definition) is 1. The van der Waals surface area contributed by atoms with Crippen molar-refractivity contribution in [3.63, 3.8) is 0 Å². The van der Waals surface area contributed by atoms with Gasteiger partial charge in [-0.15, -0.1) is 0 Å². The van der Waals surface area contributed by atoms with E-state index in [1.807, 2.05) is 38.1 Å². The summed E-state index contributed by atoms with van der Waals surface area (Å²) in [7, 11) is -3.52. The fourth-order valence-corrected chi connectivity index (χ4v) is 4.31. The molecule has 0 aromatic heterocycles. The van der Waals surface area contributed by atoms with Crippen molar-refractivity contribution in [1.82, 2.24) is 0 Å². The van der Waals surface area contributed by atoms with Gasteiger partial charge >= 0.3 is 0 Å². The van der Waals surface area contributed by atoms with E-state index in [0.29, 0.717) is 9.79 Å². The third kappa shape index (κ3) is 3.86. The van der Waals surface area contributed by atoms with Crippen LogP contribution in [0.3, 0.4) is 0 Å². The third-order valence-electron chi connectivity index (χ3n) is 5.98. The predicted molar refractivity (Wildman–Crippen MR) is 108 cm³/mol. The smallest absolute Gasteiger partial charge is 0.206 e. The van der Waals surface area contributed by atoms with Gasteiger partial charge < -0.3 is 5.73 Å². The molecule has 0 bridgehead atoms. The monoisotopic (exact) mass is 373 g/mol. The summed E-state index contributed by atoms with van der Waals surface area (Å²) in [5, 5.41) is 0. The lowest BCUT2D eigenvalue weighted by molar-refractivity contribution is 0.438. The molecule has 0 amide bonds. The zero-order valence-corrected chi connectivity index (χ0v) is 17.4. The summed E-state index contributed by atoms with van der Waals surface area (Å²) in [6.07, 6.45) is 2.83. The maximum atomic E-state index is 12.9. The lowest BCUT2D eigenvalue weighted by atomic mass is 9.78. The highest BCUT2D eigenvalue weighted by Gasteiger charge is 2.24. The lowest BCUT2D eigenvalue weighted by Crippen LogP contribution is -2.31. The van der Waals surface area contributed by atoms with Crippen LogP contribution in [0.25, 0.3) is 0 Å². The summed E-state index contributed by atoms with van der Waals surface area (Å²) in [6.45, 7) is 10.5. The van der Waals surface area contributed by atoms with E-state index in [1.165, 1.54) is 5.56 Å². The summed E-state index contributed by atoms with van der Waals surface area (Å²) in [5.41, 5.74) is 7.99. The Morgan fingerprint density at radius 1 is 0.731 bits per heavy atom. The van der Waals surface area contributed by atoms with Crippen molar-refractivity contribution in [2.24, 2.45) is 5.73 Å². The van der Waals surface area contributed by atoms with Gasteiger partial charge in [-0.2, -0.15) is 0 Å². The largest absolute Gasteiger partial charge is 0.322 e. The van der Waals surface area contributed by atoms with Crippen LogP contribution in [-0.4, -0.2) is 8.42 Å². The highest BCUT2D eigenvalue weighted by atomic mass is 32.2. The Labute approximate surface area is 158 Å². The fourth-order valence-electron chi connectivity index (χ4n) is 3.05. The molecule has 2 rings (SSSR count). The number of rotatable bonds is 7. The fraction of sp³-hybridized carbons (Fsp3) is 0.455. The molecule has 2 aromatic rings. The van der Waals surface area contributed by atoms with Crippen LogP contribution in [0.15, 0.2) is 58.3 Å². The van der Waals surface area contributed by atoms with Crippen molar-refractivity contribution in [3.8, 4) is 0 Å². The highest BCUT2D eigenvalue weighted by molar-refractivity contribution is 7.91. The van der Waals surface area contributed by atoms with Gasteiger partial charge in [-0.1, -0.05) is 52.0 Å². The first-order valence-electron chi connectivity index (χ1n) is 9.35. The number of sulfone groups is 1. The molecule has 1 atom stereocenters. The summed E-state index contributed by atoms with van der Waals surface area (Å²) in [5.74, 6) is 0. The first kappa shape index (κ1) is 20.7. The second kappa shape index (κ2) is 7.53. The van der Waals surface area contributed by atoms with E-state index < -0.39 is 15.4 Å². The van der Waals surface area contributed by atoms with Crippen LogP contribution in [0.5, 0.6) is 0 Å². The minimum atomic E-state index is -3.52. The van der Waals surface area contributed by atoms with Crippen LogP contribution in [0.2, 0.25) is 0 Å². The van der Waals surface area contributed by atoms with E-state index in [9.17, 15) is 8.42 Å². The standard InChI is InChI=1S/C22H31NO2S/c1-6-21(4,7-2)17-9-13-19(14-10-17)26(24,25)20-15-11-18(12-16-20)22(5,23)8-3/h9-16H,6-8,23H2,1-5H3. The van der Waals surface area contributed by atoms with E-state index in [2.05, 4.69) is 20.8 Å². The van der Waals surface area contributed by atoms with E-state index >= 15 is 0 Å². The average molecular weight is 374 g/mol. The van der Waals surface area contributed by atoms with Crippen LogP contribution >= 0.6 is 0 Å². The number of hydrogen-bond acceptors (Lipinski definition) is 3. The van der Waals surface area contributed by atoms with Crippen molar-refractivity contribution in [3.05, 3.63) is 59.7 Å². The molecule has 0 spiro atoms. The quantitative estimate of drug-likeness (QED) is 0.727. The molecule has 0 heterocycles. The molecule has 142 valence electrons. The van der Waals surface area contributed by atoms with Crippen LogP contribution in [0.4, 0.5) is 0 Å². The SMILES string of the molecule is CCC(C)(N)c1ccc(S(=O)(=O)c2ccc(C(C)(CC)CC)cc2)cc1. The number of nitrogens with two attached hydrogens (primary N) is 1. The molecule has 0 fully saturated rings. The van der Waals surface area contributed by atoms with Gasteiger partial charge in [0.2, 0.25) is 9.84 Å². The molecule has 3 nitrogen and oxygen atoms in total. The van der Waals surface area contributed by atoms with Gasteiger partial charge in [-0.3, -0.25) is 0 Å². The molecule has 0 aliphatic carbocycles. The Balaban J connectivity index is 2.36.